The Kier molecular flexibility index (Phi) is 12.9. The van der Waals surface area contributed by atoms with Crippen LogP contribution < -0.4 is 5.32 Å². The maximum atomic E-state index is 12.4. The normalized spacial score (nSPS) is 19.3. The van der Waals surface area contributed by atoms with Crippen molar-refractivity contribution in [3.05, 3.63) is 11.8 Å². The van der Waals surface area contributed by atoms with Crippen molar-refractivity contribution in [2.24, 2.45) is 0 Å². The topological polar surface area (TPSA) is 52.2 Å². The van der Waals surface area contributed by atoms with Crippen molar-refractivity contribution in [1.29, 1.82) is 0 Å². The van der Waals surface area contributed by atoms with Gasteiger partial charge in [-0.05, 0) is 34.1 Å². The highest BCUT2D eigenvalue weighted by Gasteiger charge is 2.49. The maximum Gasteiger partial charge on any atom is 0.157 e. The van der Waals surface area contributed by atoms with Crippen molar-refractivity contribution in [1.82, 2.24) is 10.4 Å². The second kappa shape index (κ2) is 14.2. The van der Waals surface area contributed by atoms with Gasteiger partial charge >= 0.3 is 0 Å². The lowest BCUT2D eigenvalue weighted by molar-refractivity contribution is -0.243. The molecule has 0 bridgehead atoms. The van der Waals surface area contributed by atoms with Crippen molar-refractivity contribution < 1.29 is 10.0 Å². The van der Waals surface area contributed by atoms with Gasteiger partial charge in [0, 0.05) is 18.2 Å². The number of carbonyl (C=O) groups excluding carboxylic acids is 1. The van der Waals surface area contributed by atoms with E-state index in [9.17, 15) is 10.0 Å². The van der Waals surface area contributed by atoms with Gasteiger partial charge in [0.25, 0.3) is 0 Å². The van der Waals surface area contributed by atoms with Gasteiger partial charge in [0.15, 0.2) is 5.78 Å². The van der Waals surface area contributed by atoms with Crippen LogP contribution in [0.5, 0.6) is 0 Å². The fourth-order valence-corrected chi connectivity index (χ4v) is 4.46. The minimum Gasteiger partial charge on any atom is -0.367 e. The van der Waals surface area contributed by atoms with Gasteiger partial charge in [-0.25, -0.2) is 0 Å². The van der Waals surface area contributed by atoms with E-state index < -0.39 is 11.2 Å². The van der Waals surface area contributed by atoms with Crippen molar-refractivity contribution in [3.63, 3.8) is 0 Å². The Morgan fingerprint density at radius 1 is 0.767 bits per heavy atom. The van der Waals surface area contributed by atoms with Gasteiger partial charge in [0.1, 0.15) is 5.66 Å². The van der Waals surface area contributed by atoms with Gasteiger partial charge in [-0.2, -0.15) is 0 Å². The Morgan fingerprint density at radius 3 is 1.53 bits per heavy atom. The second-order valence-electron chi connectivity index (χ2n) is 10.3. The van der Waals surface area contributed by atoms with Crippen LogP contribution in [0.3, 0.4) is 0 Å². The highest BCUT2D eigenvalue weighted by atomic mass is 16.5. The van der Waals surface area contributed by atoms with Crippen LogP contribution in [0.15, 0.2) is 11.8 Å². The third-order valence-electron chi connectivity index (χ3n) is 6.45. The summed E-state index contributed by atoms with van der Waals surface area (Å²) < 4.78 is 0. The summed E-state index contributed by atoms with van der Waals surface area (Å²) in [5.74, 6) is 0.131. The molecule has 0 aromatic carbocycles. The quantitative estimate of drug-likeness (QED) is 0.196. The van der Waals surface area contributed by atoms with E-state index in [0.717, 1.165) is 23.6 Å². The summed E-state index contributed by atoms with van der Waals surface area (Å²) in [7, 11) is 0. The van der Waals surface area contributed by atoms with Gasteiger partial charge in [0.05, 0.1) is 5.54 Å². The number of nitrogens with zero attached hydrogens (tertiary/aromatic N) is 1. The first-order valence-corrected chi connectivity index (χ1v) is 12.7. The smallest absolute Gasteiger partial charge is 0.157 e. The zero-order valence-corrected chi connectivity index (χ0v) is 20.7. The fourth-order valence-electron chi connectivity index (χ4n) is 4.46. The molecule has 30 heavy (non-hydrogen) atoms. The molecule has 0 saturated carbocycles. The third-order valence-corrected chi connectivity index (χ3v) is 6.45. The molecule has 0 aliphatic carbocycles. The summed E-state index contributed by atoms with van der Waals surface area (Å²) in [6.45, 7) is 9.71. The Morgan fingerprint density at radius 2 is 1.17 bits per heavy atom. The van der Waals surface area contributed by atoms with Crippen LogP contribution in [0.4, 0.5) is 0 Å². The van der Waals surface area contributed by atoms with E-state index in [2.05, 4.69) is 12.2 Å². The van der Waals surface area contributed by atoms with Crippen molar-refractivity contribution >= 4 is 5.78 Å². The molecule has 1 rings (SSSR count). The first kappa shape index (κ1) is 27.2. The summed E-state index contributed by atoms with van der Waals surface area (Å²) in [6, 6.07) is 0. The number of nitrogens with one attached hydrogen (secondary N) is 1. The molecule has 1 aliphatic rings. The van der Waals surface area contributed by atoms with E-state index in [1.165, 1.54) is 83.5 Å². The van der Waals surface area contributed by atoms with Gasteiger partial charge < -0.3 is 5.32 Å². The minimum absolute atomic E-state index is 0.131. The predicted octanol–water partition coefficient (Wildman–Crippen LogP) is 7.47. The first-order valence-electron chi connectivity index (χ1n) is 12.7. The minimum atomic E-state index is -0.672. The molecule has 0 atom stereocenters. The largest absolute Gasteiger partial charge is 0.367 e. The number of hydroxylamine groups is 2. The van der Waals surface area contributed by atoms with Crippen LogP contribution in [0, 0.1) is 0 Å². The van der Waals surface area contributed by atoms with E-state index in [1.54, 1.807) is 6.08 Å². The SMILES string of the molecule is CCCCCCCCCCCCCCCCCC(=O)/C=C1\NC(C)(C)N([O])C1(C)C. The van der Waals surface area contributed by atoms with Crippen molar-refractivity contribution in [3.8, 4) is 0 Å². The number of carbonyl (C=O) groups is 1. The molecule has 0 unspecified atom stereocenters. The van der Waals surface area contributed by atoms with Crippen LogP contribution in [-0.4, -0.2) is 22.0 Å². The molecule has 0 aromatic rings. The second-order valence-corrected chi connectivity index (χ2v) is 10.3. The van der Waals surface area contributed by atoms with E-state index in [4.69, 9.17) is 0 Å². The molecule has 4 nitrogen and oxygen atoms in total. The summed E-state index contributed by atoms with van der Waals surface area (Å²) in [5.41, 5.74) is -0.591. The summed E-state index contributed by atoms with van der Waals surface area (Å²) in [6.07, 6.45) is 22.2. The average Bonchev–Trinajstić information content (AvgIpc) is 2.84. The Balaban J connectivity index is 1.99. The molecule has 1 saturated heterocycles. The van der Waals surface area contributed by atoms with Crippen LogP contribution >= 0.6 is 0 Å². The van der Waals surface area contributed by atoms with Crippen LogP contribution in [0.1, 0.15) is 137 Å². The highest BCUT2D eigenvalue weighted by Crippen LogP contribution is 2.35. The number of allylic oxidation sites excluding steroid dienone is 1. The predicted molar refractivity (Wildman–Crippen MR) is 126 cm³/mol. The van der Waals surface area contributed by atoms with E-state index in [-0.39, 0.29) is 5.78 Å². The zero-order valence-electron chi connectivity index (χ0n) is 20.7. The zero-order chi connectivity index (χ0) is 22.5. The van der Waals surface area contributed by atoms with Crippen LogP contribution in [0.2, 0.25) is 0 Å². The Bertz CT molecular complexity index is 511. The first-order chi connectivity index (χ1) is 14.2. The Labute approximate surface area is 186 Å². The highest BCUT2D eigenvalue weighted by molar-refractivity contribution is 5.90. The lowest BCUT2D eigenvalue weighted by Gasteiger charge is -2.29. The molecule has 1 heterocycles. The monoisotopic (exact) mass is 421 g/mol. The van der Waals surface area contributed by atoms with Gasteiger partial charge in [-0.15, -0.1) is 10.3 Å². The molecule has 1 fully saturated rings. The van der Waals surface area contributed by atoms with Gasteiger partial charge in [-0.3, -0.25) is 4.79 Å². The number of ketones is 1. The molecule has 175 valence electrons. The summed E-state index contributed by atoms with van der Waals surface area (Å²) >= 11 is 0. The molecular formula is C26H49N2O2. The van der Waals surface area contributed by atoms with Crippen molar-refractivity contribution in [2.45, 2.75) is 149 Å². The molecule has 4 heteroatoms. The fraction of sp³-hybridized carbons (Fsp3) is 0.885. The number of rotatable bonds is 17. The van der Waals surface area contributed by atoms with Crippen molar-refractivity contribution in [2.75, 3.05) is 0 Å². The summed E-state index contributed by atoms with van der Waals surface area (Å²) in [4.78, 5) is 12.3. The lowest BCUT2D eigenvalue weighted by Crippen LogP contribution is -2.47. The van der Waals surface area contributed by atoms with Gasteiger partial charge in [-0.1, -0.05) is 96.8 Å². The van der Waals surface area contributed by atoms with E-state index >= 15 is 0 Å². The summed E-state index contributed by atoms with van der Waals surface area (Å²) in [5, 5.41) is 16.6. The molecular weight excluding hydrogens is 372 g/mol. The number of unbranched alkanes of at least 4 members (excludes halogenated alkanes) is 14. The molecule has 0 spiro atoms. The molecule has 0 amide bonds. The Hall–Kier alpha value is -0.870. The van der Waals surface area contributed by atoms with Crippen LogP contribution in [0.25, 0.3) is 0 Å². The third kappa shape index (κ3) is 9.96. The molecule has 1 aliphatic heterocycles. The number of hydrogen-bond acceptors (Lipinski definition) is 3. The maximum absolute atomic E-state index is 12.4. The molecule has 0 aromatic heterocycles. The molecule has 1 radical (unpaired) electrons. The lowest BCUT2D eigenvalue weighted by atomic mass is 9.99. The van der Waals surface area contributed by atoms with E-state index in [1.807, 2.05) is 27.7 Å². The number of hydrogen-bond donors (Lipinski definition) is 1. The van der Waals surface area contributed by atoms with Gasteiger partial charge in [0.2, 0.25) is 0 Å². The standard InChI is InChI=1S/C26H49N2O2/c1-6-7-8-9-10-11-12-13-14-15-16-17-18-19-20-21-23(29)22-24-25(2,3)28(30)26(4,5)27-24/h22,27H,6-21H2,1-5H3/b24-22-. The average molecular weight is 422 g/mol. The van der Waals surface area contributed by atoms with Crippen LogP contribution in [-0.2, 0) is 10.0 Å². The molecule has 1 N–H and O–H groups in total. The van der Waals surface area contributed by atoms with E-state index in [0.29, 0.717) is 6.42 Å².